The maximum Gasteiger partial charge on any atom is 0.317 e. The van der Waals surface area contributed by atoms with Gasteiger partial charge in [-0.25, -0.2) is 4.79 Å². The third-order valence-corrected chi connectivity index (χ3v) is 6.08. The lowest BCUT2D eigenvalue weighted by Gasteiger charge is -2.32. The molecular weight excluding hydrogens is 384 g/mol. The smallest absolute Gasteiger partial charge is 0.317 e. The number of amides is 3. The summed E-state index contributed by atoms with van der Waals surface area (Å²) in [5, 5.41) is 9.90. The van der Waals surface area contributed by atoms with Gasteiger partial charge in [0, 0.05) is 50.1 Å². The predicted octanol–water partition coefficient (Wildman–Crippen LogP) is 2.33. The highest BCUT2D eigenvalue weighted by Gasteiger charge is 2.45. The zero-order valence-electron chi connectivity index (χ0n) is 17.2. The third kappa shape index (κ3) is 4.29. The third-order valence-electron chi connectivity index (χ3n) is 6.08. The van der Waals surface area contributed by atoms with Crippen LogP contribution in [0, 0.1) is 5.92 Å². The number of hydrogen-bond acceptors (Lipinski definition) is 6. The molecule has 0 aromatic carbocycles. The number of carbonyl (C=O) groups is 2. The number of nitrogens with one attached hydrogen (secondary N) is 2. The van der Waals surface area contributed by atoms with Crippen molar-refractivity contribution >= 4 is 11.9 Å². The van der Waals surface area contributed by atoms with Crippen molar-refractivity contribution in [3.63, 3.8) is 0 Å². The Hall–Kier alpha value is -2.97. The van der Waals surface area contributed by atoms with Gasteiger partial charge in [-0.1, -0.05) is 18.0 Å². The van der Waals surface area contributed by atoms with Crippen LogP contribution in [0.5, 0.6) is 0 Å². The molecule has 1 aliphatic heterocycles. The lowest BCUT2D eigenvalue weighted by Crippen LogP contribution is -2.50. The van der Waals surface area contributed by atoms with Crippen molar-refractivity contribution in [1.29, 1.82) is 0 Å². The number of urea groups is 1. The van der Waals surface area contributed by atoms with Crippen LogP contribution in [0.2, 0.25) is 0 Å². The molecule has 3 unspecified atom stereocenters. The molecule has 0 radical (unpaired) electrons. The van der Waals surface area contributed by atoms with Crippen molar-refractivity contribution in [2.75, 3.05) is 20.1 Å². The lowest BCUT2D eigenvalue weighted by atomic mass is 10.0. The summed E-state index contributed by atoms with van der Waals surface area (Å²) in [6.07, 6.45) is 8.58. The van der Waals surface area contributed by atoms with Gasteiger partial charge in [-0.15, -0.1) is 0 Å². The van der Waals surface area contributed by atoms with E-state index in [4.69, 9.17) is 4.52 Å². The van der Waals surface area contributed by atoms with E-state index >= 15 is 0 Å². The molecule has 2 aromatic heterocycles. The molecule has 1 aliphatic carbocycles. The van der Waals surface area contributed by atoms with Crippen LogP contribution in [0.1, 0.15) is 50.3 Å². The second-order valence-electron chi connectivity index (χ2n) is 7.99. The standard InChI is InChI=1S/C21H28N6O3/c1-22-21(29)27-10-5-3-2-4-9-24-19(28)16-11-15(12-17(16)27)20-25-18(26-30-20)14-7-6-8-23-13-14/h6-8,13,15-17H,2-5,9-12H2,1H3,(H,22,29)(H,24,28). The van der Waals surface area contributed by atoms with E-state index in [0.29, 0.717) is 37.6 Å². The molecule has 1 saturated heterocycles. The molecule has 9 nitrogen and oxygen atoms in total. The summed E-state index contributed by atoms with van der Waals surface area (Å²) in [5.74, 6) is 0.640. The normalized spacial score (nSPS) is 25.2. The maximum absolute atomic E-state index is 12.9. The van der Waals surface area contributed by atoms with Crippen LogP contribution in [0.25, 0.3) is 11.4 Å². The fourth-order valence-corrected chi connectivity index (χ4v) is 4.52. The second-order valence-corrected chi connectivity index (χ2v) is 7.99. The lowest BCUT2D eigenvalue weighted by molar-refractivity contribution is -0.126. The highest BCUT2D eigenvalue weighted by molar-refractivity contribution is 5.81. The zero-order valence-corrected chi connectivity index (χ0v) is 17.2. The van der Waals surface area contributed by atoms with Gasteiger partial charge in [-0.2, -0.15) is 4.98 Å². The molecule has 2 fully saturated rings. The fourth-order valence-electron chi connectivity index (χ4n) is 4.52. The Morgan fingerprint density at radius 1 is 1.27 bits per heavy atom. The SMILES string of the molecule is CNC(=O)N1CCCCCCNC(=O)C2CC(c3nc(-c4cccnc4)no3)CC21. The zero-order chi connectivity index (χ0) is 20.9. The largest absolute Gasteiger partial charge is 0.356 e. The topological polar surface area (TPSA) is 113 Å². The van der Waals surface area contributed by atoms with E-state index in [0.717, 1.165) is 31.2 Å². The molecule has 0 spiro atoms. The Kier molecular flexibility index (Phi) is 6.25. The first kappa shape index (κ1) is 20.3. The number of hydrogen-bond donors (Lipinski definition) is 2. The summed E-state index contributed by atoms with van der Waals surface area (Å²) in [4.78, 5) is 36.1. The van der Waals surface area contributed by atoms with Gasteiger partial charge >= 0.3 is 6.03 Å². The Morgan fingerprint density at radius 2 is 2.13 bits per heavy atom. The van der Waals surface area contributed by atoms with E-state index in [-0.39, 0.29) is 29.8 Å². The van der Waals surface area contributed by atoms with Crippen LogP contribution in [-0.2, 0) is 4.79 Å². The quantitative estimate of drug-likeness (QED) is 0.783. The first-order valence-electron chi connectivity index (χ1n) is 10.7. The maximum atomic E-state index is 12.9. The van der Waals surface area contributed by atoms with E-state index in [1.165, 1.54) is 0 Å². The van der Waals surface area contributed by atoms with E-state index in [2.05, 4.69) is 25.8 Å². The highest BCUT2D eigenvalue weighted by atomic mass is 16.5. The van der Waals surface area contributed by atoms with Gasteiger partial charge in [0.25, 0.3) is 0 Å². The monoisotopic (exact) mass is 412 g/mol. The van der Waals surface area contributed by atoms with Crippen molar-refractivity contribution in [1.82, 2.24) is 30.7 Å². The fraction of sp³-hybridized carbons (Fsp3) is 0.571. The van der Waals surface area contributed by atoms with Crippen LogP contribution in [0.15, 0.2) is 29.0 Å². The minimum atomic E-state index is -0.292. The first-order valence-corrected chi connectivity index (χ1v) is 10.7. The molecule has 0 bridgehead atoms. The molecule has 160 valence electrons. The summed E-state index contributed by atoms with van der Waals surface area (Å²) in [7, 11) is 1.63. The van der Waals surface area contributed by atoms with Gasteiger partial charge in [-0.05, 0) is 37.8 Å². The molecule has 30 heavy (non-hydrogen) atoms. The minimum absolute atomic E-state index is 0.00491. The number of fused-ring (bicyclic) bond motifs is 1. The summed E-state index contributed by atoms with van der Waals surface area (Å²) >= 11 is 0. The molecule has 3 heterocycles. The average molecular weight is 412 g/mol. The molecule has 2 aromatic rings. The van der Waals surface area contributed by atoms with Crippen molar-refractivity contribution in [3.8, 4) is 11.4 Å². The molecule has 3 atom stereocenters. The first-order chi connectivity index (χ1) is 14.7. The van der Waals surface area contributed by atoms with Crippen LogP contribution in [-0.4, -0.2) is 58.1 Å². The van der Waals surface area contributed by atoms with Gasteiger partial charge in [-0.3, -0.25) is 9.78 Å². The molecule has 2 N–H and O–H groups in total. The van der Waals surface area contributed by atoms with E-state index in [1.54, 1.807) is 19.4 Å². The van der Waals surface area contributed by atoms with Gasteiger partial charge in [0.05, 0.1) is 5.92 Å². The minimum Gasteiger partial charge on any atom is -0.356 e. The number of carbonyl (C=O) groups excluding carboxylic acids is 2. The van der Waals surface area contributed by atoms with Crippen molar-refractivity contribution < 1.29 is 14.1 Å². The number of rotatable bonds is 2. The van der Waals surface area contributed by atoms with Crippen molar-refractivity contribution in [2.24, 2.45) is 5.92 Å². The van der Waals surface area contributed by atoms with E-state index < -0.39 is 0 Å². The molecule has 3 amide bonds. The van der Waals surface area contributed by atoms with Gasteiger partial charge in [0.2, 0.25) is 17.6 Å². The van der Waals surface area contributed by atoms with Crippen LogP contribution < -0.4 is 10.6 Å². The van der Waals surface area contributed by atoms with Gasteiger partial charge in [0.1, 0.15) is 0 Å². The Labute approximate surface area is 175 Å². The molecule has 2 aliphatic rings. The van der Waals surface area contributed by atoms with Crippen LogP contribution in [0.4, 0.5) is 4.79 Å². The summed E-state index contributed by atoms with van der Waals surface area (Å²) in [6.45, 7) is 1.32. The summed E-state index contributed by atoms with van der Waals surface area (Å²) < 4.78 is 5.56. The predicted molar refractivity (Wildman–Crippen MR) is 109 cm³/mol. The molecule has 9 heteroatoms. The number of nitrogens with zero attached hydrogens (tertiary/aromatic N) is 4. The Morgan fingerprint density at radius 3 is 2.93 bits per heavy atom. The Balaban J connectivity index is 1.58. The highest BCUT2D eigenvalue weighted by Crippen LogP contribution is 2.41. The number of pyridine rings is 1. The van der Waals surface area contributed by atoms with Crippen LogP contribution in [0.3, 0.4) is 0 Å². The van der Waals surface area contributed by atoms with Crippen molar-refractivity contribution in [3.05, 3.63) is 30.4 Å². The molecule has 4 rings (SSSR count). The number of aromatic nitrogens is 3. The average Bonchev–Trinajstić information content (AvgIpc) is 3.42. The van der Waals surface area contributed by atoms with Gasteiger partial charge in [0.15, 0.2) is 0 Å². The van der Waals surface area contributed by atoms with Crippen molar-refractivity contribution in [2.45, 2.75) is 50.5 Å². The van der Waals surface area contributed by atoms with Gasteiger partial charge < -0.3 is 20.1 Å². The van der Waals surface area contributed by atoms with E-state index in [9.17, 15) is 9.59 Å². The van der Waals surface area contributed by atoms with Crippen LogP contribution >= 0.6 is 0 Å². The summed E-state index contributed by atoms with van der Waals surface area (Å²) in [6, 6.07) is 3.37. The van der Waals surface area contributed by atoms with E-state index in [1.807, 2.05) is 17.0 Å². The molecular formula is C21H28N6O3. The molecule has 1 saturated carbocycles. The second kappa shape index (κ2) is 9.23. The Bertz CT molecular complexity index is 871. The summed E-state index contributed by atoms with van der Waals surface area (Å²) in [5.41, 5.74) is 0.783.